The molecule has 0 radical (unpaired) electrons. The highest BCUT2D eigenvalue weighted by Gasteiger charge is 2.11. The van der Waals surface area contributed by atoms with Crippen molar-refractivity contribution in [3.63, 3.8) is 0 Å². The van der Waals surface area contributed by atoms with Gasteiger partial charge in [-0.15, -0.1) is 0 Å². The molecule has 0 nitrogen and oxygen atoms in total. The quantitative estimate of drug-likeness (QED) is 0.526. The maximum absolute atomic E-state index is 2.47. The summed E-state index contributed by atoms with van der Waals surface area (Å²) in [4.78, 5) is 0. The second-order valence-corrected chi connectivity index (χ2v) is 3.85. The van der Waals surface area contributed by atoms with Crippen LogP contribution < -0.4 is 0 Å². The predicted molar refractivity (Wildman–Crippen MR) is 50.6 cm³/mol. The Hall–Kier alpha value is -0.260. The predicted octanol–water partition coefficient (Wildman–Crippen LogP) is 3.92. The molecule has 0 N–H and O–H groups in total. The second-order valence-electron chi connectivity index (χ2n) is 3.85. The van der Waals surface area contributed by atoms with Gasteiger partial charge in [0.15, 0.2) is 0 Å². The standard InChI is InChI=1S/C11H20/c1-3-4-7-11-8-5-6-10(2)9-11/h7,10H,3-6,8-9H2,1-2H3/b11-7+. The zero-order valence-corrected chi connectivity index (χ0v) is 7.90. The first-order valence-corrected chi connectivity index (χ1v) is 5.00. The molecule has 0 aromatic rings. The van der Waals surface area contributed by atoms with E-state index < -0.39 is 0 Å². The van der Waals surface area contributed by atoms with Crippen LogP contribution in [0.2, 0.25) is 0 Å². The summed E-state index contributed by atoms with van der Waals surface area (Å²) in [5.41, 5.74) is 1.73. The van der Waals surface area contributed by atoms with Gasteiger partial charge in [-0.1, -0.05) is 38.3 Å². The van der Waals surface area contributed by atoms with Gasteiger partial charge in [-0.25, -0.2) is 0 Å². The van der Waals surface area contributed by atoms with Gasteiger partial charge < -0.3 is 0 Å². The Bertz CT molecular complexity index is 133. The molecule has 1 unspecified atom stereocenters. The SMILES string of the molecule is CCC/C=C1\CCCC(C)C1. The van der Waals surface area contributed by atoms with Gasteiger partial charge in [-0.2, -0.15) is 0 Å². The van der Waals surface area contributed by atoms with Crippen LogP contribution in [-0.2, 0) is 0 Å². The summed E-state index contributed by atoms with van der Waals surface area (Å²) in [5.74, 6) is 0.951. The average molecular weight is 152 g/mol. The molecule has 0 bridgehead atoms. The molecule has 1 aliphatic rings. The number of hydrogen-bond donors (Lipinski definition) is 0. The summed E-state index contributed by atoms with van der Waals surface area (Å²) >= 11 is 0. The zero-order valence-electron chi connectivity index (χ0n) is 7.90. The highest BCUT2D eigenvalue weighted by molar-refractivity contribution is 5.05. The average Bonchev–Trinajstić information content (AvgIpc) is 2.01. The number of hydrogen-bond acceptors (Lipinski definition) is 0. The Morgan fingerprint density at radius 1 is 1.55 bits per heavy atom. The van der Waals surface area contributed by atoms with E-state index in [2.05, 4.69) is 19.9 Å². The van der Waals surface area contributed by atoms with Crippen molar-refractivity contribution >= 4 is 0 Å². The second kappa shape index (κ2) is 4.58. The van der Waals surface area contributed by atoms with Crippen molar-refractivity contribution in [2.24, 2.45) is 5.92 Å². The van der Waals surface area contributed by atoms with E-state index in [0.29, 0.717) is 0 Å². The fourth-order valence-electron chi connectivity index (χ4n) is 1.86. The van der Waals surface area contributed by atoms with E-state index >= 15 is 0 Å². The molecular weight excluding hydrogens is 132 g/mol. The van der Waals surface area contributed by atoms with Gasteiger partial charge in [-0.3, -0.25) is 0 Å². The van der Waals surface area contributed by atoms with E-state index in [-0.39, 0.29) is 0 Å². The molecule has 0 aromatic carbocycles. The van der Waals surface area contributed by atoms with Gasteiger partial charge in [0.2, 0.25) is 0 Å². The first-order valence-electron chi connectivity index (χ1n) is 5.00. The van der Waals surface area contributed by atoms with Crippen molar-refractivity contribution in [3.8, 4) is 0 Å². The smallest absolute Gasteiger partial charge is 0.0294 e. The monoisotopic (exact) mass is 152 g/mol. The lowest BCUT2D eigenvalue weighted by Gasteiger charge is -2.20. The van der Waals surface area contributed by atoms with Gasteiger partial charge in [0.25, 0.3) is 0 Å². The van der Waals surface area contributed by atoms with Crippen LogP contribution in [0.15, 0.2) is 11.6 Å². The molecule has 1 atom stereocenters. The first-order chi connectivity index (χ1) is 5.33. The van der Waals surface area contributed by atoms with Crippen LogP contribution in [0.25, 0.3) is 0 Å². The zero-order chi connectivity index (χ0) is 8.10. The fourth-order valence-corrected chi connectivity index (χ4v) is 1.86. The third-order valence-corrected chi connectivity index (χ3v) is 2.53. The summed E-state index contributed by atoms with van der Waals surface area (Å²) in [6, 6.07) is 0. The van der Waals surface area contributed by atoms with Crippen molar-refractivity contribution in [1.29, 1.82) is 0 Å². The van der Waals surface area contributed by atoms with Crippen molar-refractivity contribution in [1.82, 2.24) is 0 Å². The van der Waals surface area contributed by atoms with E-state index in [1.165, 1.54) is 38.5 Å². The fraction of sp³-hybridized carbons (Fsp3) is 0.818. The topological polar surface area (TPSA) is 0 Å². The largest absolute Gasteiger partial charge is 0.0853 e. The van der Waals surface area contributed by atoms with Crippen molar-refractivity contribution in [2.75, 3.05) is 0 Å². The Labute approximate surface area is 70.7 Å². The lowest BCUT2D eigenvalue weighted by molar-refractivity contribution is 0.451. The highest BCUT2D eigenvalue weighted by Crippen LogP contribution is 2.28. The minimum atomic E-state index is 0.951. The Morgan fingerprint density at radius 3 is 3.00 bits per heavy atom. The minimum absolute atomic E-state index is 0.951. The maximum Gasteiger partial charge on any atom is -0.0294 e. The molecule has 0 spiro atoms. The van der Waals surface area contributed by atoms with Crippen molar-refractivity contribution < 1.29 is 0 Å². The maximum atomic E-state index is 2.47. The van der Waals surface area contributed by atoms with E-state index in [0.717, 1.165) is 5.92 Å². The van der Waals surface area contributed by atoms with Gasteiger partial charge in [0.1, 0.15) is 0 Å². The van der Waals surface area contributed by atoms with E-state index in [4.69, 9.17) is 0 Å². The van der Waals surface area contributed by atoms with Crippen LogP contribution in [0, 0.1) is 5.92 Å². The summed E-state index contributed by atoms with van der Waals surface area (Å²) in [7, 11) is 0. The molecule has 64 valence electrons. The van der Waals surface area contributed by atoms with E-state index in [1.54, 1.807) is 5.57 Å². The van der Waals surface area contributed by atoms with Crippen LogP contribution >= 0.6 is 0 Å². The van der Waals surface area contributed by atoms with Crippen molar-refractivity contribution in [2.45, 2.75) is 52.4 Å². The van der Waals surface area contributed by atoms with Gasteiger partial charge in [-0.05, 0) is 31.6 Å². The van der Waals surface area contributed by atoms with Crippen LogP contribution in [0.4, 0.5) is 0 Å². The van der Waals surface area contributed by atoms with E-state index in [9.17, 15) is 0 Å². The number of rotatable bonds is 2. The molecule has 0 heterocycles. The van der Waals surface area contributed by atoms with Crippen LogP contribution in [0.5, 0.6) is 0 Å². The molecule has 0 aromatic heterocycles. The third-order valence-electron chi connectivity index (χ3n) is 2.53. The molecule has 0 heteroatoms. The Balaban J connectivity index is 2.32. The van der Waals surface area contributed by atoms with Crippen LogP contribution in [-0.4, -0.2) is 0 Å². The number of unbranched alkanes of at least 4 members (excludes halogenated alkanes) is 1. The molecule has 1 fully saturated rings. The summed E-state index contributed by atoms with van der Waals surface area (Å²) < 4.78 is 0. The Morgan fingerprint density at radius 2 is 2.36 bits per heavy atom. The molecule has 1 rings (SSSR count). The molecule has 0 aliphatic heterocycles. The summed E-state index contributed by atoms with van der Waals surface area (Å²) in [6.45, 7) is 4.63. The molecule has 11 heavy (non-hydrogen) atoms. The molecule has 0 saturated heterocycles. The molecule has 0 amide bonds. The van der Waals surface area contributed by atoms with Crippen LogP contribution in [0.3, 0.4) is 0 Å². The normalized spacial score (nSPS) is 29.3. The lowest BCUT2D eigenvalue weighted by Crippen LogP contribution is -2.04. The molecule has 1 aliphatic carbocycles. The highest BCUT2D eigenvalue weighted by atomic mass is 14.2. The van der Waals surface area contributed by atoms with Crippen molar-refractivity contribution in [3.05, 3.63) is 11.6 Å². The van der Waals surface area contributed by atoms with Crippen LogP contribution in [0.1, 0.15) is 52.4 Å². The first kappa shape index (κ1) is 8.83. The summed E-state index contributed by atoms with van der Waals surface area (Å²) in [5, 5.41) is 0. The van der Waals surface area contributed by atoms with Gasteiger partial charge in [0, 0.05) is 0 Å². The summed E-state index contributed by atoms with van der Waals surface area (Å²) in [6.07, 6.45) is 10.7. The number of allylic oxidation sites excluding steroid dienone is 2. The third kappa shape index (κ3) is 3.09. The van der Waals surface area contributed by atoms with E-state index in [1.807, 2.05) is 0 Å². The van der Waals surface area contributed by atoms with Gasteiger partial charge >= 0.3 is 0 Å². The molecular formula is C11H20. The van der Waals surface area contributed by atoms with Gasteiger partial charge in [0.05, 0.1) is 0 Å². The minimum Gasteiger partial charge on any atom is -0.0853 e. The Kier molecular flexibility index (Phi) is 3.68. The molecule has 1 saturated carbocycles. The lowest BCUT2D eigenvalue weighted by atomic mass is 9.86.